The molecule has 2 atom stereocenters. The first-order chi connectivity index (χ1) is 5.72. The molecule has 0 aliphatic carbocycles. The van der Waals surface area contributed by atoms with Crippen LogP contribution in [0.5, 0.6) is 0 Å². The predicted octanol–water partition coefficient (Wildman–Crippen LogP) is 1.80. The molecule has 0 aromatic rings. The molecule has 1 aliphatic rings. The van der Waals surface area contributed by atoms with Crippen molar-refractivity contribution in [3.63, 3.8) is 0 Å². The van der Waals surface area contributed by atoms with Gasteiger partial charge >= 0.3 is 0 Å². The fourth-order valence-electron chi connectivity index (χ4n) is 1.76. The normalized spacial score (nSPS) is 29.0. The Morgan fingerprint density at radius 3 is 2.58 bits per heavy atom. The van der Waals surface area contributed by atoms with Gasteiger partial charge in [-0.15, -0.1) is 0 Å². The molecule has 1 N–H and O–H groups in total. The van der Waals surface area contributed by atoms with E-state index < -0.39 is 0 Å². The van der Waals surface area contributed by atoms with Crippen molar-refractivity contribution in [3.8, 4) is 0 Å². The number of hydrogen-bond acceptors (Lipinski definition) is 2. The summed E-state index contributed by atoms with van der Waals surface area (Å²) in [5.41, 5.74) is 0. The van der Waals surface area contributed by atoms with Crippen molar-refractivity contribution >= 4 is 0 Å². The highest BCUT2D eigenvalue weighted by Gasteiger charge is 2.27. The average molecular weight is 171 g/mol. The molecule has 2 nitrogen and oxygen atoms in total. The minimum Gasteiger partial charge on any atom is -0.380 e. The zero-order valence-electron chi connectivity index (χ0n) is 8.47. The summed E-state index contributed by atoms with van der Waals surface area (Å²) in [6.45, 7) is 8.33. The monoisotopic (exact) mass is 171 g/mol. The van der Waals surface area contributed by atoms with Crippen LogP contribution in [0, 0.1) is 5.92 Å². The van der Waals surface area contributed by atoms with Crippen LogP contribution in [0.25, 0.3) is 0 Å². The molecular weight excluding hydrogens is 150 g/mol. The third kappa shape index (κ3) is 3.11. The number of ether oxygens (including phenoxy) is 1. The fraction of sp³-hybridized carbons (Fsp3) is 1.00. The molecule has 1 saturated heterocycles. The van der Waals surface area contributed by atoms with Gasteiger partial charge in [0, 0.05) is 18.7 Å². The molecule has 1 rings (SSSR count). The van der Waals surface area contributed by atoms with Crippen LogP contribution in [0.2, 0.25) is 0 Å². The molecule has 0 aromatic carbocycles. The van der Waals surface area contributed by atoms with E-state index in [0.717, 1.165) is 25.2 Å². The molecule has 1 aliphatic heterocycles. The number of hydrogen-bond donors (Lipinski definition) is 1. The molecule has 2 heteroatoms. The number of nitrogens with one attached hydrogen (secondary N) is 1. The van der Waals surface area contributed by atoms with Gasteiger partial charge in [-0.1, -0.05) is 13.8 Å². The second-order valence-electron chi connectivity index (χ2n) is 4.09. The first-order valence-electron chi connectivity index (χ1n) is 5.06. The number of rotatable bonds is 5. The van der Waals surface area contributed by atoms with E-state index in [-0.39, 0.29) is 0 Å². The molecule has 0 radical (unpaired) electrons. The molecule has 0 amide bonds. The van der Waals surface area contributed by atoms with Gasteiger partial charge in [0.15, 0.2) is 0 Å². The first kappa shape index (κ1) is 10.0. The van der Waals surface area contributed by atoms with Gasteiger partial charge in [-0.05, 0) is 25.7 Å². The predicted molar refractivity (Wildman–Crippen MR) is 51.3 cm³/mol. The topological polar surface area (TPSA) is 21.3 Å². The smallest absolute Gasteiger partial charge is 0.0620 e. The van der Waals surface area contributed by atoms with Crippen LogP contribution < -0.4 is 5.32 Å². The summed E-state index contributed by atoms with van der Waals surface area (Å²) in [7, 11) is 0. The zero-order valence-corrected chi connectivity index (χ0v) is 8.47. The first-order valence-corrected chi connectivity index (χ1v) is 5.06. The Kier molecular flexibility index (Phi) is 4.02. The third-order valence-electron chi connectivity index (χ3n) is 2.32. The molecule has 1 heterocycles. The minimum absolute atomic E-state index is 0.633. The Hall–Kier alpha value is -0.0800. The van der Waals surface area contributed by atoms with Crippen molar-refractivity contribution in [1.82, 2.24) is 5.32 Å². The lowest BCUT2D eigenvalue weighted by molar-refractivity contribution is 0.0787. The van der Waals surface area contributed by atoms with Crippen molar-refractivity contribution in [2.45, 2.75) is 45.7 Å². The molecule has 0 aromatic heterocycles. The summed E-state index contributed by atoms with van der Waals surface area (Å²) >= 11 is 0. The van der Waals surface area contributed by atoms with Crippen LogP contribution in [0.4, 0.5) is 0 Å². The van der Waals surface area contributed by atoms with Crippen LogP contribution >= 0.6 is 0 Å². The minimum atomic E-state index is 0.633. The molecule has 2 unspecified atom stereocenters. The zero-order chi connectivity index (χ0) is 8.97. The van der Waals surface area contributed by atoms with Gasteiger partial charge in [0.25, 0.3) is 0 Å². The highest BCUT2D eigenvalue weighted by atomic mass is 16.5. The van der Waals surface area contributed by atoms with Crippen molar-refractivity contribution in [2.24, 2.45) is 5.92 Å². The lowest BCUT2D eigenvalue weighted by Gasteiger charge is -2.38. The van der Waals surface area contributed by atoms with Gasteiger partial charge in [0.1, 0.15) is 0 Å². The SMILES string of the molecule is CCOCC1CC(CC(C)C)N1. The molecule has 72 valence electrons. The summed E-state index contributed by atoms with van der Waals surface area (Å²) < 4.78 is 5.33. The van der Waals surface area contributed by atoms with E-state index in [1.165, 1.54) is 12.8 Å². The van der Waals surface area contributed by atoms with E-state index in [9.17, 15) is 0 Å². The molecule has 12 heavy (non-hydrogen) atoms. The Bertz CT molecular complexity index is 119. The van der Waals surface area contributed by atoms with Gasteiger partial charge in [-0.3, -0.25) is 0 Å². The standard InChI is InChI=1S/C10H21NO/c1-4-12-7-10-6-9(11-10)5-8(2)3/h8-11H,4-7H2,1-3H3. The largest absolute Gasteiger partial charge is 0.380 e. The molecule has 1 fully saturated rings. The quantitative estimate of drug-likeness (QED) is 0.681. The van der Waals surface area contributed by atoms with E-state index >= 15 is 0 Å². The van der Waals surface area contributed by atoms with Gasteiger partial charge in [0.05, 0.1) is 6.61 Å². The van der Waals surface area contributed by atoms with Crippen molar-refractivity contribution in [1.29, 1.82) is 0 Å². The second-order valence-corrected chi connectivity index (χ2v) is 4.09. The summed E-state index contributed by atoms with van der Waals surface area (Å²) in [6, 6.07) is 1.39. The van der Waals surface area contributed by atoms with Crippen LogP contribution in [0.1, 0.15) is 33.6 Å². The van der Waals surface area contributed by atoms with E-state index in [1.54, 1.807) is 0 Å². The van der Waals surface area contributed by atoms with E-state index in [0.29, 0.717) is 6.04 Å². The van der Waals surface area contributed by atoms with Crippen LogP contribution in [-0.2, 0) is 4.74 Å². The summed E-state index contributed by atoms with van der Waals surface area (Å²) in [4.78, 5) is 0. The highest BCUT2D eigenvalue weighted by molar-refractivity contribution is 4.88. The summed E-state index contributed by atoms with van der Waals surface area (Å²) in [5, 5.41) is 3.52. The molecule has 0 spiro atoms. The Morgan fingerprint density at radius 2 is 2.08 bits per heavy atom. The summed E-state index contributed by atoms with van der Waals surface area (Å²) in [5.74, 6) is 0.815. The van der Waals surface area contributed by atoms with Crippen LogP contribution in [0.15, 0.2) is 0 Å². The Labute approximate surface area is 75.7 Å². The maximum atomic E-state index is 5.33. The Balaban J connectivity index is 1.96. The van der Waals surface area contributed by atoms with Crippen molar-refractivity contribution in [3.05, 3.63) is 0 Å². The van der Waals surface area contributed by atoms with Crippen LogP contribution in [0.3, 0.4) is 0 Å². The van der Waals surface area contributed by atoms with Crippen molar-refractivity contribution < 1.29 is 4.74 Å². The van der Waals surface area contributed by atoms with E-state index in [2.05, 4.69) is 19.2 Å². The van der Waals surface area contributed by atoms with Crippen LogP contribution in [-0.4, -0.2) is 25.3 Å². The molecular formula is C10H21NO. The van der Waals surface area contributed by atoms with Gasteiger partial charge < -0.3 is 10.1 Å². The second kappa shape index (κ2) is 4.83. The highest BCUT2D eigenvalue weighted by Crippen LogP contribution is 2.18. The lowest BCUT2D eigenvalue weighted by atomic mass is 9.90. The molecule has 0 bridgehead atoms. The lowest BCUT2D eigenvalue weighted by Crippen LogP contribution is -2.54. The van der Waals surface area contributed by atoms with Gasteiger partial charge in [-0.25, -0.2) is 0 Å². The third-order valence-corrected chi connectivity index (χ3v) is 2.32. The average Bonchev–Trinajstić information content (AvgIpc) is 1.93. The van der Waals surface area contributed by atoms with Gasteiger partial charge in [-0.2, -0.15) is 0 Å². The Morgan fingerprint density at radius 1 is 1.42 bits per heavy atom. The molecule has 0 saturated carbocycles. The van der Waals surface area contributed by atoms with E-state index in [1.807, 2.05) is 6.92 Å². The van der Waals surface area contributed by atoms with Gasteiger partial charge in [0.2, 0.25) is 0 Å². The summed E-state index contributed by atoms with van der Waals surface area (Å²) in [6.07, 6.45) is 2.61. The van der Waals surface area contributed by atoms with E-state index in [4.69, 9.17) is 4.74 Å². The maximum Gasteiger partial charge on any atom is 0.0620 e. The van der Waals surface area contributed by atoms with Crippen molar-refractivity contribution in [2.75, 3.05) is 13.2 Å². The maximum absolute atomic E-state index is 5.33. The fourth-order valence-corrected chi connectivity index (χ4v) is 1.76.